The second-order valence-electron chi connectivity index (χ2n) is 13.8. The van der Waals surface area contributed by atoms with Crippen LogP contribution in [-0.4, -0.2) is 87.7 Å². The molecule has 4 fully saturated rings. The van der Waals surface area contributed by atoms with E-state index < -0.39 is 11.6 Å². The number of hydrogen-bond acceptors (Lipinski definition) is 8. The quantitative estimate of drug-likeness (QED) is 0.226. The van der Waals surface area contributed by atoms with E-state index in [1.54, 1.807) is 11.1 Å². The average Bonchev–Trinajstić information content (AvgIpc) is 3.56. The average molecular weight is 639 g/mol. The molecule has 4 aromatic rings. The van der Waals surface area contributed by atoms with Gasteiger partial charge in [0.25, 0.3) is 0 Å². The molecule has 4 saturated heterocycles. The van der Waals surface area contributed by atoms with Crippen LogP contribution in [0.3, 0.4) is 0 Å². The van der Waals surface area contributed by atoms with Crippen molar-refractivity contribution in [3.8, 4) is 35.4 Å². The Labute approximate surface area is 271 Å². The number of phenols is 1. The van der Waals surface area contributed by atoms with Gasteiger partial charge >= 0.3 is 6.01 Å². The number of carbonyl (C=O) groups is 1. The number of terminal acetylenes is 1. The summed E-state index contributed by atoms with van der Waals surface area (Å²) in [7, 11) is 0. The van der Waals surface area contributed by atoms with Gasteiger partial charge in [-0.15, -0.1) is 6.42 Å². The third-order valence-corrected chi connectivity index (χ3v) is 10.8. The number of benzene rings is 2. The number of carbonyl (C=O) groups excluding carboxylic acids is 1. The molecule has 0 unspecified atom stereocenters. The highest BCUT2D eigenvalue weighted by molar-refractivity contribution is 6.03. The highest BCUT2D eigenvalue weighted by Gasteiger charge is 2.46. The van der Waals surface area contributed by atoms with Crippen LogP contribution in [0.1, 0.15) is 50.5 Å². The third-order valence-electron chi connectivity index (χ3n) is 10.8. The Morgan fingerprint density at radius 3 is 2.60 bits per heavy atom. The molecule has 9 nitrogen and oxygen atoms in total. The van der Waals surface area contributed by atoms with E-state index in [9.17, 15) is 14.3 Å². The zero-order valence-electron chi connectivity index (χ0n) is 26.1. The molecule has 6 heterocycles. The molecule has 8 rings (SSSR count). The molecular weight excluding hydrogens is 602 g/mol. The lowest BCUT2D eigenvalue weighted by Crippen LogP contribution is -2.59. The molecule has 242 valence electrons. The number of halogens is 2. The van der Waals surface area contributed by atoms with Crippen LogP contribution >= 0.6 is 0 Å². The summed E-state index contributed by atoms with van der Waals surface area (Å²) in [6, 6.07) is 5.63. The Morgan fingerprint density at radius 2 is 1.83 bits per heavy atom. The van der Waals surface area contributed by atoms with E-state index in [1.165, 1.54) is 24.3 Å². The van der Waals surface area contributed by atoms with Crippen LogP contribution in [0.5, 0.6) is 11.8 Å². The van der Waals surface area contributed by atoms with Crippen molar-refractivity contribution in [3.63, 3.8) is 0 Å². The Balaban J connectivity index is 1.27. The molecule has 0 saturated carbocycles. The van der Waals surface area contributed by atoms with E-state index in [0.717, 1.165) is 64.4 Å². The number of nitrogens with zero attached hydrogens (tertiary/aromatic N) is 6. The molecule has 1 N–H and O–H groups in total. The summed E-state index contributed by atoms with van der Waals surface area (Å²) >= 11 is 0. The normalized spacial score (nSPS) is 20.3. The van der Waals surface area contributed by atoms with Crippen molar-refractivity contribution >= 4 is 33.9 Å². The van der Waals surface area contributed by atoms with Crippen molar-refractivity contribution in [2.75, 3.05) is 50.8 Å². The fraction of sp³-hybridized carbons (Fsp3) is 0.444. The molecular formula is C36H36F2N6O3. The van der Waals surface area contributed by atoms with Gasteiger partial charge < -0.3 is 19.6 Å². The number of ether oxygens (including phenoxy) is 1. The minimum atomic E-state index is -0.739. The van der Waals surface area contributed by atoms with E-state index in [-0.39, 0.29) is 50.4 Å². The van der Waals surface area contributed by atoms with Gasteiger partial charge in [-0.2, -0.15) is 9.97 Å². The fourth-order valence-electron chi connectivity index (χ4n) is 8.62. The molecule has 2 aromatic carbocycles. The van der Waals surface area contributed by atoms with Crippen molar-refractivity contribution in [2.45, 2.75) is 50.5 Å². The fourth-order valence-corrected chi connectivity index (χ4v) is 8.62. The maximum atomic E-state index is 16.9. The monoisotopic (exact) mass is 638 g/mol. The molecule has 0 atom stereocenters. The molecule has 11 heteroatoms. The highest BCUT2D eigenvalue weighted by Crippen LogP contribution is 2.43. The lowest BCUT2D eigenvalue weighted by atomic mass is 9.76. The minimum absolute atomic E-state index is 0.0266. The van der Waals surface area contributed by atoms with Gasteiger partial charge in [0.1, 0.15) is 35.2 Å². The number of likely N-dealkylation sites (tertiary alicyclic amines) is 1. The standard InChI is InChI=1S/C36H36F2N6O3/c1-2-25-28(37)8-7-23-15-24(46)16-26(29(23)25)31-30(38)32-27(17-39-31)33(43-12-4-3-9-35(20-43)18-42(19-35)22-45)41-34(40-32)47-21-36-10-5-13-44(36)14-6-11-36/h1,7-8,15-17,22,46H,3-6,9-14,18-21H2. The van der Waals surface area contributed by atoms with Gasteiger partial charge in [0, 0.05) is 48.7 Å². The number of pyridine rings is 1. The smallest absolute Gasteiger partial charge is 0.319 e. The van der Waals surface area contributed by atoms with Gasteiger partial charge in [0.05, 0.1) is 16.5 Å². The van der Waals surface area contributed by atoms with Crippen molar-refractivity contribution in [1.82, 2.24) is 24.8 Å². The number of fused-ring (bicyclic) bond motifs is 3. The Hall–Kier alpha value is -4.56. The molecule has 4 aliphatic heterocycles. The SMILES string of the molecule is C#Cc1c(F)ccc2cc(O)cc(-c3ncc4c(N5CCCCC6(CN(C=O)C6)C5)nc(OCC56CCCN5CCC6)nc4c3F)c12. The molecule has 2 aromatic heterocycles. The maximum Gasteiger partial charge on any atom is 0.319 e. The number of hydrogen-bond donors (Lipinski definition) is 1. The lowest BCUT2D eigenvalue weighted by Gasteiger charge is -2.50. The second-order valence-corrected chi connectivity index (χ2v) is 13.8. The van der Waals surface area contributed by atoms with Gasteiger partial charge in [-0.1, -0.05) is 18.4 Å². The highest BCUT2D eigenvalue weighted by atomic mass is 19.1. The largest absolute Gasteiger partial charge is 0.508 e. The van der Waals surface area contributed by atoms with E-state index in [4.69, 9.17) is 16.1 Å². The van der Waals surface area contributed by atoms with Crippen molar-refractivity contribution in [2.24, 2.45) is 5.41 Å². The summed E-state index contributed by atoms with van der Waals surface area (Å²) in [6.45, 7) is 5.22. The molecule has 1 amide bonds. The lowest BCUT2D eigenvalue weighted by molar-refractivity contribution is -0.129. The summed E-state index contributed by atoms with van der Waals surface area (Å²) in [5.74, 6) is 1.43. The molecule has 1 spiro atoms. The zero-order chi connectivity index (χ0) is 32.3. The maximum absolute atomic E-state index is 16.9. The summed E-state index contributed by atoms with van der Waals surface area (Å²) in [5.41, 5.74) is -0.0848. The van der Waals surface area contributed by atoms with E-state index in [0.29, 0.717) is 49.4 Å². The van der Waals surface area contributed by atoms with Crippen LogP contribution in [0.2, 0.25) is 0 Å². The number of phenolic OH excluding ortho intramolecular Hbond substituents is 1. The zero-order valence-corrected chi connectivity index (χ0v) is 26.1. The topological polar surface area (TPSA) is 94.9 Å². The van der Waals surface area contributed by atoms with E-state index in [2.05, 4.69) is 25.7 Å². The first-order chi connectivity index (χ1) is 22.8. The van der Waals surface area contributed by atoms with Crippen molar-refractivity contribution in [1.29, 1.82) is 0 Å². The summed E-state index contributed by atoms with van der Waals surface area (Å²) in [4.78, 5) is 32.0. The van der Waals surface area contributed by atoms with Crippen LogP contribution in [0.25, 0.3) is 32.9 Å². The van der Waals surface area contributed by atoms with Crippen LogP contribution < -0.4 is 9.64 Å². The first-order valence-corrected chi connectivity index (χ1v) is 16.4. The number of aromatic hydroxyl groups is 1. The second kappa shape index (κ2) is 11.3. The van der Waals surface area contributed by atoms with Gasteiger partial charge in [0.2, 0.25) is 6.41 Å². The molecule has 47 heavy (non-hydrogen) atoms. The number of aromatic nitrogens is 3. The van der Waals surface area contributed by atoms with Crippen LogP contribution in [0.15, 0.2) is 30.5 Å². The van der Waals surface area contributed by atoms with E-state index in [1.807, 2.05) is 0 Å². The number of rotatable bonds is 6. The third kappa shape index (κ3) is 4.92. The van der Waals surface area contributed by atoms with Gasteiger partial charge in [-0.25, -0.2) is 8.78 Å². The van der Waals surface area contributed by atoms with Crippen molar-refractivity contribution in [3.05, 3.63) is 47.7 Å². The Bertz CT molecular complexity index is 1950. The van der Waals surface area contributed by atoms with Gasteiger partial charge in [-0.3, -0.25) is 14.7 Å². The van der Waals surface area contributed by atoms with Crippen LogP contribution in [0, 0.1) is 29.4 Å². The first kappa shape index (κ1) is 29.8. The number of anilines is 1. The van der Waals surface area contributed by atoms with Crippen LogP contribution in [-0.2, 0) is 4.79 Å². The van der Waals surface area contributed by atoms with Crippen LogP contribution in [0.4, 0.5) is 14.6 Å². The van der Waals surface area contributed by atoms with Crippen molar-refractivity contribution < 1.29 is 23.4 Å². The molecule has 0 radical (unpaired) electrons. The van der Waals surface area contributed by atoms with Gasteiger partial charge in [-0.05, 0) is 75.2 Å². The predicted molar refractivity (Wildman–Crippen MR) is 174 cm³/mol. The molecule has 4 aliphatic rings. The Kier molecular flexibility index (Phi) is 7.17. The molecule has 0 aliphatic carbocycles. The summed E-state index contributed by atoms with van der Waals surface area (Å²) < 4.78 is 38.2. The summed E-state index contributed by atoms with van der Waals surface area (Å²) in [6.07, 6.45) is 15.4. The predicted octanol–water partition coefficient (Wildman–Crippen LogP) is 5.27. The van der Waals surface area contributed by atoms with Gasteiger partial charge in [0.15, 0.2) is 5.82 Å². The molecule has 0 bridgehead atoms. The first-order valence-electron chi connectivity index (χ1n) is 16.4. The minimum Gasteiger partial charge on any atom is -0.508 e. The number of amides is 1. The summed E-state index contributed by atoms with van der Waals surface area (Å²) in [5, 5.41) is 11.7. The van der Waals surface area contributed by atoms with E-state index >= 15 is 4.39 Å². The Morgan fingerprint density at radius 1 is 1.02 bits per heavy atom.